The van der Waals surface area contributed by atoms with Crippen molar-refractivity contribution in [3.63, 3.8) is 0 Å². The predicted molar refractivity (Wildman–Crippen MR) is 58.1 cm³/mol. The van der Waals surface area contributed by atoms with Crippen LogP contribution in [-0.4, -0.2) is 16.6 Å². The topological polar surface area (TPSA) is 53.6 Å². The number of hydrogen-bond acceptors (Lipinski definition) is 3. The highest BCUT2D eigenvalue weighted by atomic mass is 15.0. The molecule has 0 saturated carbocycles. The SMILES string of the molecule is CNCc1cn(CC#N)c2ncccc12. The molecule has 0 spiro atoms. The molecule has 0 amide bonds. The number of aromatic nitrogens is 2. The van der Waals surface area contributed by atoms with Crippen molar-refractivity contribution in [2.45, 2.75) is 13.1 Å². The minimum atomic E-state index is 0.344. The van der Waals surface area contributed by atoms with Crippen LogP contribution in [0, 0.1) is 11.3 Å². The molecule has 0 bridgehead atoms. The fourth-order valence-electron chi connectivity index (χ4n) is 1.72. The van der Waals surface area contributed by atoms with Crippen molar-refractivity contribution in [3.8, 4) is 6.07 Å². The van der Waals surface area contributed by atoms with Gasteiger partial charge in [-0.1, -0.05) is 0 Å². The quantitative estimate of drug-likeness (QED) is 0.812. The molecule has 0 saturated heterocycles. The van der Waals surface area contributed by atoms with E-state index in [1.165, 1.54) is 5.56 Å². The highest BCUT2D eigenvalue weighted by Gasteiger charge is 2.07. The van der Waals surface area contributed by atoms with Crippen molar-refractivity contribution in [2.24, 2.45) is 0 Å². The maximum Gasteiger partial charge on any atom is 0.141 e. The summed E-state index contributed by atoms with van der Waals surface area (Å²) in [4.78, 5) is 4.29. The van der Waals surface area contributed by atoms with E-state index in [1.807, 2.05) is 29.9 Å². The van der Waals surface area contributed by atoms with Crippen LogP contribution in [0.5, 0.6) is 0 Å². The van der Waals surface area contributed by atoms with Gasteiger partial charge in [-0.2, -0.15) is 5.26 Å². The van der Waals surface area contributed by atoms with E-state index in [-0.39, 0.29) is 0 Å². The molecule has 0 aliphatic rings. The van der Waals surface area contributed by atoms with Gasteiger partial charge in [0.25, 0.3) is 0 Å². The summed E-state index contributed by atoms with van der Waals surface area (Å²) in [6, 6.07) is 6.08. The molecule has 2 aromatic rings. The molecular formula is C11H12N4. The molecule has 0 atom stereocenters. The van der Waals surface area contributed by atoms with Crippen LogP contribution >= 0.6 is 0 Å². The monoisotopic (exact) mass is 200 g/mol. The Balaban J connectivity index is 2.58. The molecule has 2 heterocycles. The number of pyridine rings is 1. The Kier molecular flexibility index (Phi) is 2.66. The Morgan fingerprint density at radius 3 is 3.20 bits per heavy atom. The zero-order valence-corrected chi connectivity index (χ0v) is 8.57. The zero-order chi connectivity index (χ0) is 10.7. The number of nitrogens with zero attached hydrogens (tertiary/aromatic N) is 3. The van der Waals surface area contributed by atoms with Gasteiger partial charge in [0.15, 0.2) is 0 Å². The van der Waals surface area contributed by atoms with Crippen molar-refractivity contribution < 1.29 is 0 Å². The van der Waals surface area contributed by atoms with Gasteiger partial charge in [0, 0.05) is 24.3 Å². The van der Waals surface area contributed by atoms with Crippen LogP contribution in [0.3, 0.4) is 0 Å². The molecule has 0 aliphatic carbocycles. The second-order valence-corrected chi connectivity index (χ2v) is 3.35. The largest absolute Gasteiger partial charge is 0.318 e. The first-order valence-electron chi connectivity index (χ1n) is 4.81. The van der Waals surface area contributed by atoms with Crippen LogP contribution in [0.4, 0.5) is 0 Å². The number of fused-ring (bicyclic) bond motifs is 1. The second kappa shape index (κ2) is 4.11. The lowest BCUT2D eigenvalue weighted by atomic mass is 10.2. The number of rotatable bonds is 3. The van der Waals surface area contributed by atoms with Gasteiger partial charge in [-0.05, 0) is 24.7 Å². The van der Waals surface area contributed by atoms with E-state index < -0.39 is 0 Å². The standard InChI is InChI=1S/C11H12N4/c1-13-7-9-8-15(6-4-12)11-10(9)3-2-5-14-11/h2-3,5,8,13H,6-7H2,1H3. The molecule has 15 heavy (non-hydrogen) atoms. The maximum absolute atomic E-state index is 8.70. The van der Waals surface area contributed by atoms with E-state index in [0.29, 0.717) is 6.54 Å². The molecule has 0 aromatic carbocycles. The summed E-state index contributed by atoms with van der Waals surface area (Å²) < 4.78 is 1.88. The van der Waals surface area contributed by atoms with Crippen molar-refractivity contribution in [2.75, 3.05) is 7.05 Å². The minimum Gasteiger partial charge on any atom is -0.318 e. The van der Waals surface area contributed by atoms with E-state index >= 15 is 0 Å². The molecule has 2 rings (SSSR count). The third kappa shape index (κ3) is 1.69. The Labute approximate surface area is 88.2 Å². The summed E-state index contributed by atoms with van der Waals surface area (Å²) in [6.07, 6.45) is 3.73. The zero-order valence-electron chi connectivity index (χ0n) is 8.57. The van der Waals surface area contributed by atoms with Crippen molar-refractivity contribution in [1.82, 2.24) is 14.9 Å². The molecule has 0 fully saturated rings. The second-order valence-electron chi connectivity index (χ2n) is 3.35. The van der Waals surface area contributed by atoms with Gasteiger partial charge >= 0.3 is 0 Å². The molecule has 4 nitrogen and oxygen atoms in total. The van der Waals surface area contributed by atoms with Crippen LogP contribution < -0.4 is 5.32 Å². The van der Waals surface area contributed by atoms with E-state index in [9.17, 15) is 0 Å². The van der Waals surface area contributed by atoms with Crippen LogP contribution in [0.2, 0.25) is 0 Å². The number of nitrogens with one attached hydrogen (secondary N) is 1. The van der Waals surface area contributed by atoms with Crippen LogP contribution in [0.15, 0.2) is 24.5 Å². The van der Waals surface area contributed by atoms with E-state index in [4.69, 9.17) is 5.26 Å². The first-order chi connectivity index (χ1) is 7.36. The lowest BCUT2D eigenvalue weighted by molar-refractivity contribution is 0.804. The van der Waals surface area contributed by atoms with Crippen molar-refractivity contribution in [1.29, 1.82) is 5.26 Å². The summed E-state index contributed by atoms with van der Waals surface area (Å²) >= 11 is 0. The van der Waals surface area contributed by atoms with Gasteiger partial charge in [0.05, 0.1) is 6.07 Å². The fraction of sp³-hybridized carbons (Fsp3) is 0.273. The van der Waals surface area contributed by atoms with Crippen molar-refractivity contribution >= 4 is 11.0 Å². The molecule has 1 N–H and O–H groups in total. The lowest BCUT2D eigenvalue weighted by Gasteiger charge is -1.95. The summed E-state index contributed by atoms with van der Waals surface area (Å²) in [6.45, 7) is 1.14. The average Bonchev–Trinajstić information content (AvgIpc) is 2.59. The Morgan fingerprint density at radius 2 is 2.47 bits per heavy atom. The third-order valence-corrected chi connectivity index (χ3v) is 2.32. The summed E-state index contributed by atoms with van der Waals surface area (Å²) in [5, 5.41) is 12.9. The van der Waals surface area contributed by atoms with Gasteiger partial charge in [-0.3, -0.25) is 0 Å². The predicted octanol–water partition coefficient (Wildman–Crippen LogP) is 1.28. The van der Waals surface area contributed by atoms with E-state index in [0.717, 1.165) is 17.6 Å². The van der Waals surface area contributed by atoms with Crippen LogP contribution in [-0.2, 0) is 13.1 Å². The smallest absolute Gasteiger partial charge is 0.141 e. The molecule has 76 valence electrons. The number of nitriles is 1. The molecule has 0 unspecified atom stereocenters. The van der Waals surface area contributed by atoms with E-state index in [1.54, 1.807) is 6.20 Å². The summed E-state index contributed by atoms with van der Waals surface area (Å²) in [7, 11) is 1.91. The third-order valence-electron chi connectivity index (χ3n) is 2.32. The Bertz CT molecular complexity index is 507. The first-order valence-corrected chi connectivity index (χ1v) is 4.81. The van der Waals surface area contributed by atoms with Crippen LogP contribution in [0.25, 0.3) is 11.0 Å². The van der Waals surface area contributed by atoms with Crippen LogP contribution in [0.1, 0.15) is 5.56 Å². The van der Waals surface area contributed by atoms with Gasteiger partial charge in [0.2, 0.25) is 0 Å². The molecule has 0 aliphatic heterocycles. The Morgan fingerprint density at radius 1 is 1.60 bits per heavy atom. The first kappa shape index (κ1) is 9.69. The minimum absolute atomic E-state index is 0.344. The molecule has 4 heteroatoms. The molecule has 0 radical (unpaired) electrons. The highest BCUT2D eigenvalue weighted by molar-refractivity contribution is 5.80. The molecular weight excluding hydrogens is 188 g/mol. The highest BCUT2D eigenvalue weighted by Crippen LogP contribution is 2.18. The summed E-state index contributed by atoms with van der Waals surface area (Å²) in [5.74, 6) is 0. The van der Waals surface area contributed by atoms with Gasteiger partial charge in [0.1, 0.15) is 12.2 Å². The fourth-order valence-corrected chi connectivity index (χ4v) is 1.72. The Hall–Kier alpha value is -1.86. The van der Waals surface area contributed by atoms with Gasteiger partial charge in [-0.25, -0.2) is 4.98 Å². The average molecular weight is 200 g/mol. The normalized spacial score (nSPS) is 10.4. The maximum atomic E-state index is 8.70. The van der Waals surface area contributed by atoms with Gasteiger partial charge in [-0.15, -0.1) is 0 Å². The van der Waals surface area contributed by atoms with E-state index in [2.05, 4.69) is 16.4 Å². The number of hydrogen-bond donors (Lipinski definition) is 1. The lowest BCUT2D eigenvalue weighted by Crippen LogP contribution is -2.04. The summed E-state index contributed by atoms with van der Waals surface area (Å²) in [5.41, 5.74) is 2.06. The molecule has 2 aromatic heterocycles. The van der Waals surface area contributed by atoms with Crippen molar-refractivity contribution in [3.05, 3.63) is 30.1 Å². The van der Waals surface area contributed by atoms with Gasteiger partial charge < -0.3 is 9.88 Å².